The molecule has 2 aromatic carbocycles. The molecule has 110 valence electrons. The SMILES string of the molecule is Cc1ccc(NC(=O)C(C)Sc2ccc(Cl)cc2)cc1C. The standard InChI is InChI=1S/C17H18ClNOS/c1-11-4-7-15(10-12(11)2)19-17(20)13(3)21-16-8-5-14(18)6-9-16/h4-10,13H,1-3H3,(H,19,20). The number of carbonyl (C=O) groups excluding carboxylic acids is 1. The van der Waals surface area contributed by atoms with Gasteiger partial charge in [0, 0.05) is 15.6 Å². The van der Waals surface area contributed by atoms with Crippen molar-refractivity contribution in [3.8, 4) is 0 Å². The molecule has 1 atom stereocenters. The molecule has 1 N–H and O–H groups in total. The van der Waals surface area contributed by atoms with Gasteiger partial charge >= 0.3 is 0 Å². The number of aryl methyl sites for hydroxylation is 2. The maximum atomic E-state index is 12.2. The number of rotatable bonds is 4. The van der Waals surface area contributed by atoms with Crippen LogP contribution in [0, 0.1) is 13.8 Å². The molecule has 0 saturated carbocycles. The first-order valence-corrected chi connectivity index (χ1v) is 8.02. The fourth-order valence-corrected chi connectivity index (χ4v) is 2.83. The summed E-state index contributed by atoms with van der Waals surface area (Å²) < 4.78 is 0. The van der Waals surface area contributed by atoms with Crippen LogP contribution in [-0.4, -0.2) is 11.2 Å². The number of anilines is 1. The Hall–Kier alpha value is -1.45. The van der Waals surface area contributed by atoms with Gasteiger partial charge in [0.1, 0.15) is 0 Å². The molecule has 0 saturated heterocycles. The van der Waals surface area contributed by atoms with Crippen molar-refractivity contribution in [1.29, 1.82) is 0 Å². The number of amides is 1. The molecule has 21 heavy (non-hydrogen) atoms. The Kier molecular flexibility index (Phi) is 5.32. The first-order chi connectivity index (χ1) is 9.95. The third kappa shape index (κ3) is 4.51. The van der Waals surface area contributed by atoms with E-state index in [0.717, 1.165) is 10.6 Å². The third-order valence-corrected chi connectivity index (χ3v) is 4.63. The number of benzene rings is 2. The second kappa shape index (κ2) is 7.01. The van der Waals surface area contributed by atoms with E-state index < -0.39 is 0 Å². The quantitative estimate of drug-likeness (QED) is 0.796. The fourth-order valence-electron chi connectivity index (χ4n) is 1.83. The first-order valence-electron chi connectivity index (χ1n) is 6.76. The largest absolute Gasteiger partial charge is 0.325 e. The molecule has 0 bridgehead atoms. The molecule has 0 radical (unpaired) electrons. The highest BCUT2D eigenvalue weighted by Gasteiger charge is 2.14. The van der Waals surface area contributed by atoms with E-state index in [9.17, 15) is 4.79 Å². The molecule has 1 amide bonds. The molecule has 0 fully saturated rings. The van der Waals surface area contributed by atoms with Crippen LogP contribution in [0.3, 0.4) is 0 Å². The van der Waals surface area contributed by atoms with Crippen LogP contribution >= 0.6 is 23.4 Å². The topological polar surface area (TPSA) is 29.1 Å². The number of hydrogen-bond acceptors (Lipinski definition) is 2. The summed E-state index contributed by atoms with van der Waals surface area (Å²) in [5.41, 5.74) is 3.23. The molecule has 2 aromatic rings. The van der Waals surface area contributed by atoms with Gasteiger partial charge in [-0.3, -0.25) is 4.79 Å². The summed E-state index contributed by atoms with van der Waals surface area (Å²) in [6.45, 7) is 5.99. The summed E-state index contributed by atoms with van der Waals surface area (Å²) in [5.74, 6) is -0.00166. The van der Waals surface area contributed by atoms with E-state index in [1.807, 2.05) is 56.3 Å². The van der Waals surface area contributed by atoms with E-state index in [1.54, 1.807) is 0 Å². The van der Waals surface area contributed by atoms with Crippen LogP contribution in [0.25, 0.3) is 0 Å². The van der Waals surface area contributed by atoms with Crippen molar-refractivity contribution < 1.29 is 4.79 Å². The minimum Gasteiger partial charge on any atom is -0.325 e. The average molecular weight is 320 g/mol. The van der Waals surface area contributed by atoms with E-state index >= 15 is 0 Å². The lowest BCUT2D eigenvalue weighted by Crippen LogP contribution is -2.22. The zero-order chi connectivity index (χ0) is 15.4. The summed E-state index contributed by atoms with van der Waals surface area (Å²) in [7, 11) is 0. The molecule has 0 heterocycles. The van der Waals surface area contributed by atoms with Gasteiger partial charge in [0.05, 0.1) is 5.25 Å². The lowest BCUT2D eigenvalue weighted by Gasteiger charge is -2.13. The van der Waals surface area contributed by atoms with Crippen molar-refractivity contribution in [2.75, 3.05) is 5.32 Å². The van der Waals surface area contributed by atoms with Gasteiger partial charge in [-0.2, -0.15) is 0 Å². The van der Waals surface area contributed by atoms with E-state index in [1.165, 1.54) is 22.9 Å². The summed E-state index contributed by atoms with van der Waals surface area (Å²) in [6.07, 6.45) is 0. The van der Waals surface area contributed by atoms with Crippen molar-refractivity contribution in [3.63, 3.8) is 0 Å². The molecule has 2 rings (SSSR count). The van der Waals surface area contributed by atoms with Crippen molar-refractivity contribution in [2.24, 2.45) is 0 Å². The van der Waals surface area contributed by atoms with Crippen molar-refractivity contribution >= 4 is 35.0 Å². The van der Waals surface area contributed by atoms with Crippen molar-refractivity contribution in [2.45, 2.75) is 30.9 Å². The average Bonchev–Trinajstić information content (AvgIpc) is 2.45. The Morgan fingerprint density at radius 1 is 1.10 bits per heavy atom. The summed E-state index contributed by atoms with van der Waals surface area (Å²) in [5, 5.41) is 3.48. The van der Waals surface area contributed by atoms with Crippen LogP contribution in [0.4, 0.5) is 5.69 Å². The van der Waals surface area contributed by atoms with Crippen LogP contribution in [0.5, 0.6) is 0 Å². The predicted molar refractivity (Wildman–Crippen MR) is 91.3 cm³/mol. The van der Waals surface area contributed by atoms with Gasteiger partial charge in [-0.15, -0.1) is 11.8 Å². The second-order valence-corrected chi connectivity index (χ2v) is 6.85. The summed E-state index contributed by atoms with van der Waals surface area (Å²) >= 11 is 7.37. The fraction of sp³-hybridized carbons (Fsp3) is 0.235. The molecule has 1 unspecified atom stereocenters. The molecule has 2 nitrogen and oxygen atoms in total. The monoisotopic (exact) mass is 319 g/mol. The summed E-state index contributed by atoms with van der Waals surface area (Å²) in [6, 6.07) is 13.4. The van der Waals surface area contributed by atoms with E-state index in [-0.39, 0.29) is 11.2 Å². The van der Waals surface area contributed by atoms with Crippen LogP contribution in [0.1, 0.15) is 18.1 Å². The highest BCUT2D eigenvalue weighted by molar-refractivity contribution is 8.00. The van der Waals surface area contributed by atoms with Crippen molar-refractivity contribution in [1.82, 2.24) is 0 Å². The van der Waals surface area contributed by atoms with E-state index in [4.69, 9.17) is 11.6 Å². The van der Waals surface area contributed by atoms with Gasteiger partial charge in [0.2, 0.25) is 5.91 Å². The lowest BCUT2D eigenvalue weighted by atomic mass is 10.1. The smallest absolute Gasteiger partial charge is 0.237 e. The maximum Gasteiger partial charge on any atom is 0.237 e. The molecule has 0 spiro atoms. The zero-order valence-corrected chi connectivity index (χ0v) is 13.9. The van der Waals surface area contributed by atoms with E-state index in [2.05, 4.69) is 12.2 Å². The molecule has 0 aromatic heterocycles. The molecule has 0 aliphatic carbocycles. The lowest BCUT2D eigenvalue weighted by molar-refractivity contribution is -0.115. The Labute approximate surface area is 134 Å². The number of hydrogen-bond donors (Lipinski definition) is 1. The molecular weight excluding hydrogens is 302 g/mol. The zero-order valence-electron chi connectivity index (χ0n) is 12.3. The predicted octanol–water partition coefficient (Wildman–Crippen LogP) is 5.08. The van der Waals surface area contributed by atoms with Gasteiger partial charge in [-0.1, -0.05) is 17.7 Å². The Balaban J connectivity index is 1.98. The van der Waals surface area contributed by atoms with Gasteiger partial charge in [-0.25, -0.2) is 0 Å². The minimum atomic E-state index is -0.173. The Morgan fingerprint density at radius 3 is 2.38 bits per heavy atom. The normalized spacial score (nSPS) is 12.0. The Morgan fingerprint density at radius 2 is 1.76 bits per heavy atom. The number of nitrogens with one attached hydrogen (secondary N) is 1. The molecule has 0 aliphatic rings. The van der Waals surface area contributed by atoms with Crippen molar-refractivity contribution in [3.05, 3.63) is 58.6 Å². The minimum absolute atomic E-state index is 0.00166. The molecular formula is C17H18ClNOS. The van der Waals surface area contributed by atoms with Crippen LogP contribution < -0.4 is 5.32 Å². The van der Waals surface area contributed by atoms with Gasteiger partial charge in [0.25, 0.3) is 0 Å². The van der Waals surface area contributed by atoms with Gasteiger partial charge in [0.15, 0.2) is 0 Å². The van der Waals surface area contributed by atoms with Crippen LogP contribution in [0.2, 0.25) is 5.02 Å². The second-order valence-electron chi connectivity index (χ2n) is 5.00. The number of thioether (sulfide) groups is 1. The van der Waals surface area contributed by atoms with Gasteiger partial charge < -0.3 is 5.32 Å². The third-order valence-electron chi connectivity index (χ3n) is 3.27. The molecule has 4 heteroatoms. The van der Waals surface area contributed by atoms with Crippen LogP contribution in [-0.2, 0) is 4.79 Å². The number of halogens is 1. The Bertz CT molecular complexity index is 640. The highest BCUT2D eigenvalue weighted by atomic mass is 35.5. The summed E-state index contributed by atoms with van der Waals surface area (Å²) in [4.78, 5) is 13.3. The first kappa shape index (κ1) is 15.9. The number of carbonyl (C=O) groups is 1. The highest BCUT2D eigenvalue weighted by Crippen LogP contribution is 2.25. The van der Waals surface area contributed by atoms with E-state index in [0.29, 0.717) is 5.02 Å². The van der Waals surface area contributed by atoms with Gasteiger partial charge in [-0.05, 0) is 68.3 Å². The van der Waals surface area contributed by atoms with Crippen LogP contribution in [0.15, 0.2) is 47.4 Å². The molecule has 0 aliphatic heterocycles. The maximum absolute atomic E-state index is 12.2.